The first-order valence-corrected chi connectivity index (χ1v) is 9.09. The van der Waals surface area contributed by atoms with E-state index in [0.717, 1.165) is 5.66 Å². The summed E-state index contributed by atoms with van der Waals surface area (Å²) in [5.41, 5.74) is 4.30. The summed E-state index contributed by atoms with van der Waals surface area (Å²) in [7, 11) is 0.199. The van der Waals surface area contributed by atoms with Crippen LogP contribution in [0.5, 0.6) is 0 Å². The van der Waals surface area contributed by atoms with E-state index in [1.165, 1.54) is 35.8 Å². The van der Waals surface area contributed by atoms with Crippen molar-refractivity contribution in [3.63, 3.8) is 0 Å². The maximum atomic E-state index is 2.43. The van der Waals surface area contributed by atoms with Crippen LogP contribution in [0.1, 0.15) is 29.6 Å². The number of fused-ring (bicyclic) bond motifs is 1. The van der Waals surface area contributed by atoms with Gasteiger partial charge in [0.25, 0.3) is 0 Å². The van der Waals surface area contributed by atoms with Gasteiger partial charge in [-0.3, -0.25) is 0 Å². The minimum absolute atomic E-state index is 0.199. The second kappa shape index (κ2) is 4.37. The Bertz CT molecular complexity index is 333. The Morgan fingerprint density at radius 2 is 2.14 bits per heavy atom. The van der Waals surface area contributed by atoms with Crippen molar-refractivity contribution in [3.8, 4) is 0 Å². The minimum atomic E-state index is 0.199. The average molecular weight is 266 g/mol. The van der Waals surface area contributed by atoms with Gasteiger partial charge in [0, 0.05) is 0 Å². The molecule has 0 saturated heterocycles. The van der Waals surface area contributed by atoms with E-state index in [2.05, 4.69) is 31.5 Å². The SMILES string of the molecule is CP(C)C1CCCc2ccc[c]([GeH2])c21. The molecule has 0 N–H and O–H groups in total. The van der Waals surface area contributed by atoms with Crippen molar-refractivity contribution in [2.24, 2.45) is 0 Å². The van der Waals surface area contributed by atoms with Crippen LogP contribution < -0.4 is 4.40 Å². The van der Waals surface area contributed by atoms with Gasteiger partial charge in [0.15, 0.2) is 0 Å². The zero-order chi connectivity index (χ0) is 10.1. The van der Waals surface area contributed by atoms with Crippen molar-refractivity contribution in [1.29, 1.82) is 0 Å². The summed E-state index contributed by atoms with van der Waals surface area (Å²) in [6.45, 7) is 4.86. The van der Waals surface area contributed by atoms with Gasteiger partial charge >= 0.3 is 96.4 Å². The van der Waals surface area contributed by atoms with E-state index in [9.17, 15) is 0 Å². The normalized spacial score (nSPS) is 21.0. The van der Waals surface area contributed by atoms with Crippen LogP contribution in [0.3, 0.4) is 0 Å². The van der Waals surface area contributed by atoms with Gasteiger partial charge in [-0.25, -0.2) is 0 Å². The molecule has 0 spiro atoms. The van der Waals surface area contributed by atoms with Gasteiger partial charge in [0.2, 0.25) is 0 Å². The molecule has 0 saturated carbocycles. The summed E-state index contributed by atoms with van der Waals surface area (Å²) >= 11 is 1.32. The zero-order valence-corrected chi connectivity index (χ0v) is 12.9. The summed E-state index contributed by atoms with van der Waals surface area (Å²) in [4.78, 5) is 0. The monoisotopic (exact) mass is 267 g/mol. The third kappa shape index (κ3) is 1.92. The van der Waals surface area contributed by atoms with E-state index < -0.39 is 0 Å². The summed E-state index contributed by atoms with van der Waals surface area (Å²) in [6, 6.07) is 6.92. The van der Waals surface area contributed by atoms with Crippen molar-refractivity contribution < 1.29 is 0 Å². The fourth-order valence-electron chi connectivity index (χ4n) is 2.46. The van der Waals surface area contributed by atoms with Crippen LogP contribution >= 0.6 is 7.92 Å². The molecular weight excluding hydrogens is 248 g/mol. The molecule has 1 aromatic rings. The average Bonchev–Trinajstić information content (AvgIpc) is 2.17. The molecule has 0 aliphatic heterocycles. The van der Waals surface area contributed by atoms with E-state index in [-0.39, 0.29) is 7.92 Å². The Morgan fingerprint density at radius 1 is 1.36 bits per heavy atom. The van der Waals surface area contributed by atoms with Gasteiger partial charge in [-0.1, -0.05) is 0 Å². The standard InChI is InChI=1S/C12H18GeP/c1-14(2)11-8-4-6-9-5-3-7-10(13)12(9)11/h3,5,7,11H,4,6,8,13H2,1-2H3. The van der Waals surface area contributed by atoms with Crippen LogP contribution in [-0.4, -0.2) is 29.8 Å². The summed E-state index contributed by atoms with van der Waals surface area (Å²) < 4.78 is 1.64. The molecule has 0 nitrogen and oxygen atoms in total. The summed E-state index contributed by atoms with van der Waals surface area (Å²) in [6.07, 6.45) is 4.16. The topological polar surface area (TPSA) is 0 Å². The molecule has 1 aliphatic rings. The second-order valence-corrected chi connectivity index (χ2v) is 8.51. The first-order chi connectivity index (χ1) is 6.70. The van der Waals surface area contributed by atoms with E-state index in [0.29, 0.717) is 0 Å². The van der Waals surface area contributed by atoms with Crippen LogP contribution in [0.4, 0.5) is 0 Å². The fraction of sp³-hybridized carbons (Fsp3) is 0.500. The Hall–Kier alpha value is 0.193. The Balaban J connectivity index is 2.47. The van der Waals surface area contributed by atoms with Gasteiger partial charge < -0.3 is 0 Å². The Kier molecular flexibility index (Phi) is 3.34. The predicted octanol–water partition coefficient (Wildman–Crippen LogP) is 2.06. The maximum absolute atomic E-state index is 2.43. The molecule has 1 atom stereocenters. The van der Waals surface area contributed by atoms with E-state index in [4.69, 9.17) is 0 Å². The molecule has 14 heavy (non-hydrogen) atoms. The first kappa shape index (κ1) is 10.7. The number of benzene rings is 1. The molecule has 2 heteroatoms. The van der Waals surface area contributed by atoms with Crippen LogP contribution in [0.15, 0.2) is 18.2 Å². The molecule has 0 heterocycles. The molecule has 0 bridgehead atoms. The summed E-state index contributed by atoms with van der Waals surface area (Å²) in [5.74, 6) is 0. The third-order valence-corrected chi connectivity index (χ3v) is 6.22. The second-order valence-electron chi connectivity index (χ2n) is 4.36. The van der Waals surface area contributed by atoms with Gasteiger partial charge in [0.1, 0.15) is 0 Å². The van der Waals surface area contributed by atoms with Crippen LogP contribution in [-0.2, 0) is 6.42 Å². The van der Waals surface area contributed by atoms with Crippen molar-refractivity contribution in [3.05, 3.63) is 29.3 Å². The molecule has 2 rings (SSSR count). The molecule has 1 radical (unpaired) electrons. The molecule has 1 aromatic carbocycles. The van der Waals surface area contributed by atoms with Crippen molar-refractivity contribution in [1.82, 2.24) is 0 Å². The van der Waals surface area contributed by atoms with Crippen molar-refractivity contribution in [2.45, 2.75) is 24.9 Å². The third-order valence-electron chi connectivity index (χ3n) is 3.17. The van der Waals surface area contributed by atoms with Crippen LogP contribution in [0.2, 0.25) is 0 Å². The number of hydrogen-bond donors (Lipinski definition) is 0. The Morgan fingerprint density at radius 3 is 2.86 bits per heavy atom. The molecular formula is C12H18GeP. The quantitative estimate of drug-likeness (QED) is 0.539. The fourth-order valence-corrected chi connectivity index (χ4v) is 5.65. The van der Waals surface area contributed by atoms with Gasteiger partial charge in [0.05, 0.1) is 0 Å². The molecule has 0 amide bonds. The van der Waals surface area contributed by atoms with Crippen molar-refractivity contribution >= 4 is 28.8 Å². The predicted molar refractivity (Wildman–Crippen MR) is 69.1 cm³/mol. The van der Waals surface area contributed by atoms with Gasteiger partial charge in [-0.15, -0.1) is 0 Å². The van der Waals surface area contributed by atoms with Gasteiger partial charge in [-0.2, -0.15) is 0 Å². The zero-order valence-electron chi connectivity index (χ0n) is 9.09. The molecule has 0 aromatic heterocycles. The molecule has 75 valence electrons. The van der Waals surface area contributed by atoms with Crippen molar-refractivity contribution in [2.75, 3.05) is 13.3 Å². The van der Waals surface area contributed by atoms with Crippen LogP contribution in [0.25, 0.3) is 0 Å². The number of rotatable bonds is 1. The van der Waals surface area contributed by atoms with Gasteiger partial charge in [-0.05, 0) is 0 Å². The molecule has 0 fully saturated rings. The number of hydrogen-bond acceptors (Lipinski definition) is 0. The van der Waals surface area contributed by atoms with E-state index in [1.54, 1.807) is 15.5 Å². The first-order valence-electron chi connectivity index (χ1n) is 5.30. The number of aryl methyl sites for hydroxylation is 1. The molecule has 1 aliphatic carbocycles. The van der Waals surface area contributed by atoms with E-state index in [1.807, 2.05) is 0 Å². The summed E-state index contributed by atoms with van der Waals surface area (Å²) in [5, 5.41) is 0. The van der Waals surface area contributed by atoms with Crippen LogP contribution in [0, 0.1) is 0 Å². The molecule has 1 unspecified atom stereocenters. The Labute approximate surface area is 96.5 Å². The van der Waals surface area contributed by atoms with E-state index >= 15 is 0 Å².